The number of anilines is 2. The number of para-hydroxylation sites is 1. The molecule has 2 heterocycles. The molecule has 4 nitrogen and oxygen atoms in total. The lowest BCUT2D eigenvalue weighted by Gasteiger charge is -2.24. The van der Waals surface area contributed by atoms with Gasteiger partial charge in [-0.15, -0.1) is 11.3 Å². The van der Waals surface area contributed by atoms with Crippen LogP contribution < -0.4 is 9.80 Å². The van der Waals surface area contributed by atoms with Gasteiger partial charge >= 0.3 is 0 Å². The summed E-state index contributed by atoms with van der Waals surface area (Å²) in [6.07, 6.45) is 0. The van der Waals surface area contributed by atoms with E-state index in [4.69, 9.17) is 0 Å². The van der Waals surface area contributed by atoms with Gasteiger partial charge in [-0.3, -0.25) is 9.59 Å². The number of rotatable bonds is 5. The van der Waals surface area contributed by atoms with E-state index in [2.05, 4.69) is 0 Å². The first-order chi connectivity index (χ1) is 14.0. The summed E-state index contributed by atoms with van der Waals surface area (Å²) in [5.41, 5.74) is 1.22. The number of benzene rings is 2. The van der Waals surface area contributed by atoms with E-state index in [1.807, 2.05) is 42.6 Å². The highest BCUT2D eigenvalue weighted by Crippen LogP contribution is 2.38. The van der Waals surface area contributed by atoms with Gasteiger partial charge in [0.05, 0.1) is 11.3 Å². The predicted octanol–water partition coefficient (Wildman–Crippen LogP) is 4.84. The average molecular weight is 410 g/mol. The third-order valence-corrected chi connectivity index (χ3v) is 5.53. The maximum Gasteiger partial charge on any atom is 0.282 e. The van der Waals surface area contributed by atoms with Crippen LogP contribution in [0.4, 0.5) is 20.2 Å². The molecular formula is C22H16F2N2O2S. The summed E-state index contributed by atoms with van der Waals surface area (Å²) < 4.78 is 27.2. The molecule has 0 spiro atoms. The molecule has 2 amide bonds. The van der Waals surface area contributed by atoms with E-state index >= 15 is 0 Å². The first-order valence-electron chi connectivity index (χ1n) is 8.97. The number of nitrogens with zero attached hydrogens (tertiary/aromatic N) is 2. The van der Waals surface area contributed by atoms with Gasteiger partial charge in [0.15, 0.2) is 11.6 Å². The van der Waals surface area contributed by atoms with Crippen molar-refractivity contribution in [2.75, 3.05) is 16.3 Å². The van der Waals surface area contributed by atoms with Crippen LogP contribution in [0.15, 0.2) is 71.7 Å². The van der Waals surface area contributed by atoms with Crippen LogP contribution in [0.25, 0.3) is 5.57 Å². The minimum absolute atomic E-state index is 0.00734. The molecule has 0 N–H and O–H groups in total. The average Bonchev–Trinajstić information content (AvgIpc) is 3.33. The molecule has 29 heavy (non-hydrogen) atoms. The van der Waals surface area contributed by atoms with Crippen LogP contribution in [-0.4, -0.2) is 18.4 Å². The molecule has 0 fully saturated rings. The van der Waals surface area contributed by atoms with Crippen molar-refractivity contribution in [3.8, 4) is 0 Å². The standard InChI is InChI=1S/C22H16F2N2O2S/c1-2-25(14-7-4-3-5-8-14)20-19(18-9-6-12-29-18)21(27)26(22(20)28)15-10-11-16(23)17(24)13-15/h3-13H,2H2,1H3. The SMILES string of the molecule is CCN(C1=C(c2cccs2)C(=O)N(c2ccc(F)c(F)c2)C1=O)c1ccccc1. The minimum Gasteiger partial charge on any atom is -0.337 e. The monoisotopic (exact) mass is 410 g/mol. The highest BCUT2D eigenvalue weighted by Gasteiger charge is 2.43. The number of hydrogen-bond donors (Lipinski definition) is 0. The van der Waals surface area contributed by atoms with Crippen LogP contribution >= 0.6 is 11.3 Å². The van der Waals surface area contributed by atoms with Gasteiger partial charge < -0.3 is 4.90 Å². The zero-order valence-corrected chi connectivity index (χ0v) is 16.2. The van der Waals surface area contributed by atoms with Gasteiger partial charge in [-0.2, -0.15) is 0 Å². The largest absolute Gasteiger partial charge is 0.337 e. The third-order valence-electron chi connectivity index (χ3n) is 4.64. The summed E-state index contributed by atoms with van der Waals surface area (Å²) in [5, 5.41) is 1.82. The molecule has 0 unspecified atom stereocenters. The van der Waals surface area contributed by atoms with E-state index in [0.717, 1.165) is 22.7 Å². The van der Waals surface area contributed by atoms with E-state index in [1.165, 1.54) is 17.4 Å². The van der Waals surface area contributed by atoms with Crippen LogP contribution in [-0.2, 0) is 9.59 Å². The van der Waals surface area contributed by atoms with Gasteiger partial charge in [0.1, 0.15) is 5.70 Å². The van der Waals surface area contributed by atoms with Crippen molar-refractivity contribution in [3.63, 3.8) is 0 Å². The molecule has 0 atom stereocenters. The molecule has 4 rings (SSSR count). The van der Waals surface area contributed by atoms with Gasteiger partial charge in [0, 0.05) is 23.2 Å². The Morgan fingerprint density at radius 3 is 2.31 bits per heavy atom. The Morgan fingerprint density at radius 2 is 1.69 bits per heavy atom. The fourth-order valence-corrected chi connectivity index (χ4v) is 4.11. The van der Waals surface area contributed by atoms with E-state index in [1.54, 1.807) is 17.0 Å². The molecule has 0 aliphatic carbocycles. The number of halogens is 2. The highest BCUT2D eigenvalue weighted by molar-refractivity contribution is 7.11. The molecule has 1 aliphatic heterocycles. The van der Waals surface area contributed by atoms with E-state index in [9.17, 15) is 18.4 Å². The van der Waals surface area contributed by atoms with Gasteiger partial charge in [-0.05, 0) is 42.6 Å². The number of imide groups is 1. The van der Waals surface area contributed by atoms with Gasteiger partial charge in [-0.1, -0.05) is 24.3 Å². The number of carbonyl (C=O) groups excluding carboxylic acids is 2. The van der Waals surface area contributed by atoms with Crippen molar-refractivity contribution < 1.29 is 18.4 Å². The number of carbonyl (C=O) groups is 2. The Labute approximate surface area is 170 Å². The van der Waals surface area contributed by atoms with Crippen molar-refractivity contribution in [1.82, 2.24) is 0 Å². The topological polar surface area (TPSA) is 40.6 Å². The summed E-state index contributed by atoms with van der Waals surface area (Å²) in [6.45, 7) is 2.32. The molecular weight excluding hydrogens is 394 g/mol. The molecule has 7 heteroatoms. The molecule has 0 saturated heterocycles. The van der Waals surface area contributed by atoms with Crippen LogP contribution in [0.5, 0.6) is 0 Å². The fraction of sp³-hybridized carbons (Fsp3) is 0.0909. The lowest BCUT2D eigenvalue weighted by Crippen LogP contribution is -2.35. The van der Waals surface area contributed by atoms with Crippen molar-refractivity contribution >= 4 is 40.1 Å². The van der Waals surface area contributed by atoms with E-state index < -0.39 is 23.4 Å². The lowest BCUT2D eigenvalue weighted by atomic mass is 10.1. The predicted molar refractivity (Wildman–Crippen MR) is 110 cm³/mol. The summed E-state index contributed by atoms with van der Waals surface area (Å²) in [6, 6.07) is 15.8. The Bertz CT molecular complexity index is 1110. The molecule has 0 saturated carbocycles. The highest BCUT2D eigenvalue weighted by atomic mass is 32.1. The van der Waals surface area contributed by atoms with Crippen molar-refractivity contribution in [2.24, 2.45) is 0 Å². The third kappa shape index (κ3) is 3.23. The number of thiophene rings is 1. The van der Waals surface area contributed by atoms with Crippen LogP contribution in [0.1, 0.15) is 11.8 Å². The maximum absolute atomic E-state index is 13.8. The quantitative estimate of drug-likeness (QED) is 0.566. The molecule has 3 aromatic rings. The smallest absolute Gasteiger partial charge is 0.282 e. The lowest BCUT2D eigenvalue weighted by molar-refractivity contribution is -0.120. The molecule has 0 radical (unpaired) electrons. The number of likely N-dealkylation sites (N-methyl/N-ethyl adjacent to an activating group) is 1. The molecule has 0 bridgehead atoms. The second-order valence-corrected chi connectivity index (χ2v) is 7.27. The first kappa shape index (κ1) is 19.0. The zero-order valence-electron chi connectivity index (χ0n) is 15.4. The number of amides is 2. The summed E-state index contributed by atoms with van der Waals surface area (Å²) in [5.74, 6) is -3.30. The van der Waals surface area contributed by atoms with Crippen molar-refractivity contribution in [2.45, 2.75) is 6.92 Å². The Hall–Kier alpha value is -3.32. The van der Waals surface area contributed by atoms with E-state index in [-0.39, 0.29) is 17.0 Å². The normalized spacial score (nSPS) is 14.1. The van der Waals surface area contributed by atoms with Crippen LogP contribution in [0.3, 0.4) is 0 Å². The second kappa shape index (κ2) is 7.60. The summed E-state index contributed by atoms with van der Waals surface area (Å²) in [7, 11) is 0. The van der Waals surface area contributed by atoms with Gasteiger partial charge in [-0.25, -0.2) is 13.7 Å². The van der Waals surface area contributed by atoms with Crippen LogP contribution in [0.2, 0.25) is 0 Å². The Kier molecular flexibility index (Phi) is 4.98. The fourth-order valence-electron chi connectivity index (χ4n) is 3.35. The molecule has 1 aromatic heterocycles. The second-order valence-electron chi connectivity index (χ2n) is 6.32. The van der Waals surface area contributed by atoms with Gasteiger partial charge in [0.25, 0.3) is 11.8 Å². The molecule has 146 valence electrons. The minimum atomic E-state index is -1.12. The Morgan fingerprint density at radius 1 is 0.931 bits per heavy atom. The number of hydrogen-bond acceptors (Lipinski definition) is 4. The van der Waals surface area contributed by atoms with E-state index in [0.29, 0.717) is 11.4 Å². The Balaban J connectivity index is 1.88. The van der Waals surface area contributed by atoms with Crippen LogP contribution in [0, 0.1) is 11.6 Å². The summed E-state index contributed by atoms with van der Waals surface area (Å²) in [4.78, 5) is 30.0. The van der Waals surface area contributed by atoms with Crippen molar-refractivity contribution in [3.05, 3.63) is 88.3 Å². The maximum atomic E-state index is 13.8. The van der Waals surface area contributed by atoms with Crippen molar-refractivity contribution in [1.29, 1.82) is 0 Å². The van der Waals surface area contributed by atoms with Gasteiger partial charge in [0.2, 0.25) is 0 Å². The summed E-state index contributed by atoms with van der Waals surface area (Å²) >= 11 is 1.34. The zero-order chi connectivity index (χ0) is 20.5. The first-order valence-corrected chi connectivity index (χ1v) is 9.85. The molecule has 1 aliphatic rings. The molecule has 2 aromatic carbocycles.